The van der Waals surface area contributed by atoms with E-state index in [1.165, 1.54) is 4.68 Å². The Morgan fingerprint density at radius 3 is 2.90 bits per heavy atom. The quantitative estimate of drug-likeness (QED) is 0.791. The maximum Gasteiger partial charge on any atom is 0.344 e. The summed E-state index contributed by atoms with van der Waals surface area (Å²) in [5, 5.41) is 11.2. The number of hydrogen-bond donors (Lipinski definition) is 1. The van der Waals surface area contributed by atoms with Crippen molar-refractivity contribution in [3.8, 4) is 0 Å². The lowest BCUT2D eigenvalue weighted by Crippen LogP contribution is -2.29. The second-order valence-electron chi connectivity index (χ2n) is 4.72. The normalized spacial score (nSPS) is 10.8. The van der Waals surface area contributed by atoms with Gasteiger partial charge in [0.15, 0.2) is 0 Å². The Hall–Kier alpha value is -2.40. The molecule has 3 rings (SSSR count). The predicted octanol–water partition coefficient (Wildman–Crippen LogP) is 3.15. The molecule has 0 aliphatic heterocycles. The average molecular weight is 301 g/mol. The number of aromatic nitrogens is 3. The van der Waals surface area contributed by atoms with Gasteiger partial charge in [0.05, 0.1) is 5.52 Å². The van der Waals surface area contributed by atoms with Crippen molar-refractivity contribution < 1.29 is 4.79 Å². The molecule has 0 saturated heterocycles. The zero-order valence-electron chi connectivity index (χ0n) is 11.4. The van der Waals surface area contributed by atoms with Crippen LogP contribution in [0.4, 0.5) is 4.79 Å². The highest BCUT2D eigenvalue weighted by molar-refractivity contribution is 6.31. The van der Waals surface area contributed by atoms with E-state index in [0.717, 1.165) is 11.1 Å². The minimum absolute atomic E-state index is 0.317. The summed E-state index contributed by atoms with van der Waals surface area (Å²) in [5.41, 5.74) is 3.42. The Bertz CT molecular complexity index is 812. The van der Waals surface area contributed by atoms with E-state index in [1.807, 2.05) is 31.2 Å². The molecule has 1 heterocycles. The van der Waals surface area contributed by atoms with Crippen LogP contribution < -0.4 is 5.32 Å². The number of benzene rings is 2. The van der Waals surface area contributed by atoms with Gasteiger partial charge in [-0.3, -0.25) is 0 Å². The fourth-order valence-electron chi connectivity index (χ4n) is 2.10. The highest BCUT2D eigenvalue weighted by Crippen LogP contribution is 2.16. The minimum atomic E-state index is -0.317. The van der Waals surface area contributed by atoms with Gasteiger partial charge in [-0.15, -0.1) is 5.10 Å². The first-order valence-corrected chi connectivity index (χ1v) is 6.86. The van der Waals surface area contributed by atoms with E-state index < -0.39 is 0 Å². The summed E-state index contributed by atoms with van der Waals surface area (Å²) in [6.07, 6.45) is 0. The third-order valence-electron chi connectivity index (χ3n) is 3.29. The van der Waals surface area contributed by atoms with Crippen molar-refractivity contribution in [2.75, 3.05) is 0 Å². The number of carbonyl (C=O) groups excluding carboxylic acids is 1. The molecule has 3 aromatic rings. The molecule has 0 bridgehead atoms. The summed E-state index contributed by atoms with van der Waals surface area (Å²) in [5.74, 6) is 0. The van der Waals surface area contributed by atoms with Gasteiger partial charge in [0.2, 0.25) is 0 Å². The van der Waals surface area contributed by atoms with Crippen molar-refractivity contribution in [2.45, 2.75) is 13.5 Å². The van der Waals surface area contributed by atoms with Gasteiger partial charge in [0.1, 0.15) is 5.52 Å². The number of nitrogens with zero attached hydrogens (tertiary/aromatic N) is 3. The first-order chi connectivity index (χ1) is 10.1. The van der Waals surface area contributed by atoms with E-state index in [-0.39, 0.29) is 6.03 Å². The van der Waals surface area contributed by atoms with Crippen molar-refractivity contribution in [2.24, 2.45) is 0 Å². The fourth-order valence-corrected chi connectivity index (χ4v) is 2.27. The lowest BCUT2D eigenvalue weighted by Gasteiger charge is -2.07. The van der Waals surface area contributed by atoms with E-state index in [9.17, 15) is 4.79 Å². The van der Waals surface area contributed by atoms with E-state index in [1.54, 1.807) is 18.2 Å². The van der Waals surface area contributed by atoms with Gasteiger partial charge in [-0.05, 0) is 36.2 Å². The van der Waals surface area contributed by atoms with Crippen LogP contribution in [0.3, 0.4) is 0 Å². The van der Waals surface area contributed by atoms with Crippen LogP contribution in [-0.2, 0) is 6.54 Å². The number of halogens is 1. The Labute approximate surface area is 126 Å². The van der Waals surface area contributed by atoms with Crippen LogP contribution in [0.1, 0.15) is 11.1 Å². The summed E-state index contributed by atoms with van der Waals surface area (Å²) in [6, 6.07) is 12.7. The molecule has 0 aliphatic rings. The summed E-state index contributed by atoms with van der Waals surface area (Å²) in [4.78, 5) is 12.2. The molecule has 1 aromatic heterocycles. The predicted molar refractivity (Wildman–Crippen MR) is 81.4 cm³/mol. The number of aryl methyl sites for hydroxylation is 1. The minimum Gasteiger partial charge on any atom is -0.332 e. The summed E-state index contributed by atoms with van der Waals surface area (Å²) in [7, 11) is 0. The van der Waals surface area contributed by atoms with Crippen molar-refractivity contribution in [3.63, 3.8) is 0 Å². The van der Waals surface area contributed by atoms with Gasteiger partial charge < -0.3 is 5.32 Å². The lowest BCUT2D eigenvalue weighted by molar-refractivity contribution is 0.239. The summed E-state index contributed by atoms with van der Waals surface area (Å²) >= 11 is 5.89. The van der Waals surface area contributed by atoms with Crippen molar-refractivity contribution in [3.05, 3.63) is 58.6 Å². The molecule has 0 radical (unpaired) electrons. The number of rotatable bonds is 2. The van der Waals surface area contributed by atoms with Crippen LogP contribution >= 0.6 is 11.6 Å². The van der Waals surface area contributed by atoms with E-state index in [4.69, 9.17) is 11.6 Å². The maximum absolute atomic E-state index is 12.2. The summed E-state index contributed by atoms with van der Waals surface area (Å²) < 4.78 is 1.24. The second-order valence-corrected chi connectivity index (χ2v) is 5.16. The number of carbonyl (C=O) groups is 1. The second kappa shape index (κ2) is 5.54. The van der Waals surface area contributed by atoms with Gasteiger partial charge >= 0.3 is 6.03 Å². The van der Waals surface area contributed by atoms with Crippen LogP contribution in [0.5, 0.6) is 0 Å². The van der Waals surface area contributed by atoms with E-state index in [0.29, 0.717) is 22.6 Å². The Morgan fingerprint density at radius 1 is 1.29 bits per heavy atom. The van der Waals surface area contributed by atoms with E-state index in [2.05, 4.69) is 15.6 Å². The molecular formula is C15H13ClN4O. The fraction of sp³-hybridized carbons (Fsp3) is 0.133. The molecule has 0 atom stereocenters. The van der Waals surface area contributed by atoms with Crippen molar-refractivity contribution in [1.82, 2.24) is 20.3 Å². The number of nitrogens with one attached hydrogen (secondary N) is 1. The molecule has 0 spiro atoms. The molecule has 5 nitrogen and oxygen atoms in total. The molecule has 2 aromatic carbocycles. The standard InChI is InChI=1S/C15H13ClN4O/c1-10-4-2-3-5-11(10)9-17-15(21)20-14-7-6-12(16)8-13(14)18-19-20/h2-8H,9H2,1H3,(H,17,21). The molecule has 0 unspecified atom stereocenters. The zero-order valence-corrected chi connectivity index (χ0v) is 12.1. The molecule has 1 amide bonds. The first-order valence-electron chi connectivity index (χ1n) is 6.49. The Kier molecular flexibility index (Phi) is 3.58. The van der Waals surface area contributed by atoms with Crippen LogP contribution in [0.15, 0.2) is 42.5 Å². The third kappa shape index (κ3) is 2.73. The van der Waals surface area contributed by atoms with Crippen molar-refractivity contribution >= 4 is 28.7 Å². The number of fused-ring (bicyclic) bond motifs is 1. The van der Waals surface area contributed by atoms with Crippen LogP contribution in [0, 0.1) is 6.92 Å². The summed E-state index contributed by atoms with van der Waals surface area (Å²) in [6.45, 7) is 2.45. The highest BCUT2D eigenvalue weighted by atomic mass is 35.5. The van der Waals surface area contributed by atoms with Crippen LogP contribution in [-0.4, -0.2) is 21.0 Å². The molecule has 0 aliphatic carbocycles. The zero-order chi connectivity index (χ0) is 14.8. The van der Waals surface area contributed by atoms with Crippen LogP contribution in [0.2, 0.25) is 5.02 Å². The third-order valence-corrected chi connectivity index (χ3v) is 3.53. The van der Waals surface area contributed by atoms with Crippen LogP contribution in [0.25, 0.3) is 11.0 Å². The van der Waals surface area contributed by atoms with Gasteiger partial charge in [-0.25, -0.2) is 4.79 Å². The Morgan fingerprint density at radius 2 is 2.10 bits per heavy atom. The molecule has 6 heteroatoms. The average Bonchev–Trinajstić information content (AvgIpc) is 2.89. The van der Waals surface area contributed by atoms with Gasteiger partial charge in [-0.1, -0.05) is 41.1 Å². The van der Waals surface area contributed by atoms with Gasteiger partial charge in [0.25, 0.3) is 0 Å². The van der Waals surface area contributed by atoms with E-state index >= 15 is 0 Å². The molecular weight excluding hydrogens is 288 g/mol. The van der Waals surface area contributed by atoms with Gasteiger partial charge in [0, 0.05) is 11.6 Å². The van der Waals surface area contributed by atoms with Crippen molar-refractivity contribution in [1.29, 1.82) is 0 Å². The smallest absolute Gasteiger partial charge is 0.332 e. The maximum atomic E-state index is 12.2. The number of hydrogen-bond acceptors (Lipinski definition) is 3. The molecule has 1 N–H and O–H groups in total. The lowest BCUT2D eigenvalue weighted by atomic mass is 10.1. The highest BCUT2D eigenvalue weighted by Gasteiger charge is 2.12. The topological polar surface area (TPSA) is 59.8 Å². The first kappa shape index (κ1) is 13.6. The molecule has 0 saturated carbocycles. The number of amides is 1. The SMILES string of the molecule is Cc1ccccc1CNC(=O)n1nnc2cc(Cl)ccc21. The molecule has 106 valence electrons. The monoisotopic (exact) mass is 300 g/mol. The Balaban J connectivity index is 1.80. The molecule has 21 heavy (non-hydrogen) atoms. The largest absolute Gasteiger partial charge is 0.344 e. The molecule has 0 fully saturated rings. The van der Waals surface area contributed by atoms with Gasteiger partial charge in [-0.2, -0.15) is 4.68 Å².